The molecule has 0 unspecified atom stereocenters. The minimum Gasteiger partial charge on any atom is -0.444 e. The fraction of sp³-hybridized carbons (Fsp3) is 0.318. The number of hydrogen-bond acceptors (Lipinski definition) is 4. The first-order chi connectivity index (χ1) is 13.8. The van der Waals surface area contributed by atoms with Crippen LogP contribution in [-0.4, -0.2) is 30.1 Å². The Morgan fingerprint density at radius 1 is 0.897 bits per heavy atom. The summed E-state index contributed by atoms with van der Waals surface area (Å²) in [5.41, 5.74) is 1.45. The van der Waals surface area contributed by atoms with Crippen molar-refractivity contribution in [3.8, 4) is 0 Å². The minimum absolute atomic E-state index is 0.216. The maximum Gasteiger partial charge on any atom is 0.408 e. The number of rotatable bonds is 6. The zero-order valence-electron chi connectivity index (χ0n) is 17.1. The van der Waals surface area contributed by atoms with E-state index in [1.54, 1.807) is 20.8 Å². The number of carbonyl (C=O) groups is 2. The molecule has 0 aliphatic carbocycles. The average molecular weight is 396 g/mol. The van der Waals surface area contributed by atoms with E-state index < -0.39 is 17.6 Å². The quantitative estimate of drug-likeness (QED) is 0.517. The topological polar surface area (TPSA) is 91.8 Å². The van der Waals surface area contributed by atoms with Crippen molar-refractivity contribution < 1.29 is 14.3 Å². The first-order valence-electron chi connectivity index (χ1n) is 9.45. The smallest absolute Gasteiger partial charge is 0.408 e. The molecule has 0 aromatic heterocycles. The highest BCUT2D eigenvalue weighted by atomic mass is 16.6. The Balaban J connectivity index is 1.94. The van der Waals surface area contributed by atoms with Crippen LogP contribution in [0.5, 0.6) is 0 Å². The second-order valence-corrected chi connectivity index (χ2v) is 7.39. The van der Waals surface area contributed by atoms with Crippen LogP contribution < -0.4 is 16.0 Å². The van der Waals surface area contributed by atoms with Crippen LogP contribution >= 0.6 is 0 Å². The van der Waals surface area contributed by atoms with Crippen LogP contribution in [0.4, 0.5) is 4.79 Å². The molecular weight excluding hydrogens is 368 g/mol. The van der Waals surface area contributed by atoms with Crippen molar-refractivity contribution in [3.63, 3.8) is 0 Å². The number of alkyl carbamates (subject to hydrolysis) is 1. The van der Waals surface area contributed by atoms with Gasteiger partial charge in [-0.3, -0.25) is 10.1 Å². The molecule has 0 radical (unpaired) electrons. The molecular formula is C22H28N4O3. The molecule has 154 valence electrons. The highest BCUT2D eigenvalue weighted by Crippen LogP contribution is 2.06. The van der Waals surface area contributed by atoms with E-state index in [2.05, 4.69) is 20.9 Å². The van der Waals surface area contributed by atoms with Gasteiger partial charge in [-0.1, -0.05) is 60.7 Å². The number of hydrogen-bond donors (Lipinski definition) is 3. The molecule has 7 heteroatoms. The summed E-state index contributed by atoms with van der Waals surface area (Å²) in [6.07, 6.45) is -0.646. The molecule has 2 amide bonds. The van der Waals surface area contributed by atoms with Gasteiger partial charge in [0.05, 0.1) is 6.54 Å². The third kappa shape index (κ3) is 9.41. The van der Waals surface area contributed by atoms with Gasteiger partial charge in [0.2, 0.25) is 5.91 Å². The lowest BCUT2D eigenvalue weighted by molar-refractivity contribution is -0.118. The molecule has 0 fully saturated rings. The summed E-state index contributed by atoms with van der Waals surface area (Å²) < 4.78 is 5.13. The Labute approximate surface area is 171 Å². The zero-order valence-corrected chi connectivity index (χ0v) is 17.1. The molecule has 29 heavy (non-hydrogen) atoms. The Bertz CT molecular complexity index is 815. The van der Waals surface area contributed by atoms with Crippen LogP contribution in [0.15, 0.2) is 65.7 Å². The summed E-state index contributed by atoms with van der Waals surface area (Å²) in [5, 5.41) is 8.28. The van der Waals surface area contributed by atoms with Crippen LogP contribution in [0.3, 0.4) is 0 Å². The fourth-order valence-corrected chi connectivity index (χ4v) is 2.32. The van der Waals surface area contributed by atoms with Gasteiger partial charge in [0.1, 0.15) is 12.1 Å². The van der Waals surface area contributed by atoms with E-state index in [0.29, 0.717) is 19.0 Å². The van der Waals surface area contributed by atoms with E-state index in [9.17, 15) is 9.59 Å². The first-order valence-corrected chi connectivity index (χ1v) is 9.45. The Morgan fingerprint density at radius 2 is 1.48 bits per heavy atom. The molecule has 2 aromatic carbocycles. The maximum absolute atomic E-state index is 12.2. The number of guanidine groups is 1. The molecule has 0 saturated carbocycles. The minimum atomic E-state index is -0.646. The van der Waals surface area contributed by atoms with Crippen molar-refractivity contribution in [2.75, 3.05) is 6.54 Å². The number of benzene rings is 2. The summed E-state index contributed by atoms with van der Waals surface area (Å²) in [4.78, 5) is 28.4. The van der Waals surface area contributed by atoms with Gasteiger partial charge < -0.3 is 15.4 Å². The summed E-state index contributed by atoms with van der Waals surface area (Å²) >= 11 is 0. The summed E-state index contributed by atoms with van der Waals surface area (Å²) in [6, 6.07) is 19.5. The lowest BCUT2D eigenvalue weighted by Crippen LogP contribution is -2.46. The largest absolute Gasteiger partial charge is 0.444 e. The molecule has 0 aliphatic rings. The van der Waals surface area contributed by atoms with Gasteiger partial charge in [0.15, 0.2) is 5.96 Å². The standard InChI is InChI=1S/C22H28N4O3/c1-22(2,3)29-21(28)25-16-19(27)26-20(23-14-17-10-6-4-7-11-17)24-15-18-12-8-5-9-13-18/h4-13H,14-16H2,1-3H3,(H,25,28)(H2,23,24,26,27). The van der Waals surface area contributed by atoms with Gasteiger partial charge in [-0.25, -0.2) is 9.79 Å². The molecule has 0 heterocycles. The van der Waals surface area contributed by atoms with Gasteiger partial charge in [-0.05, 0) is 31.9 Å². The van der Waals surface area contributed by atoms with E-state index in [-0.39, 0.29) is 6.54 Å². The van der Waals surface area contributed by atoms with Crippen molar-refractivity contribution in [3.05, 3.63) is 71.8 Å². The van der Waals surface area contributed by atoms with E-state index >= 15 is 0 Å². The molecule has 7 nitrogen and oxygen atoms in total. The van der Waals surface area contributed by atoms with Crippen molar-refractivity contribution >= 4 is 18.0 Å². The molecule has 0 aliphatic heterocycles. The highest BCUT2D eigenvalue weighted by Gasteiger charge is 2.17. The number of carbonyl (C=O) groups excluding carboxylic acids is 2. The lowest BCUT2D eigenvalue weighted by atomic mass is 10.2. The van der Waals surface area contributed by atoms with E-state index in [1.165, 1.54) is 0 Å². The van der Waals surface area contributed by atoms with Crippen molar-refractivity contribution in [1.82, 2.24) is 16.0 Å². The van der Waals surface area contributed by atoms with Crippen LogP contribution in [-0.2, 0) is 22.6 Å². The number of nitrogens with one attached hydrogen (secondary N) is 3. The van der Waals surface area contributed by atoms with Gasteiger partial charge in [-0.2, -0.15) is 0 Å². The second kappa shape index (κ2) is 10.8. The molecule has 2 aromatic rings. The van der Waals surface area contributed by atoms with Crippen LogP contribution in [0.1, 0.15) is 31.9 Å². The van der Waals surface area contributed by atoms with E-state index in [0.717, 1.165) is 11.1 Å². The van der Waals surface area contributed by atoms with Crippen molar-refractivity contribution in [1.29, 1.82) is 0 Å². The number of nitrogens with zero attached hydrogens (tertiary/aromatic N) is 1. The number of amides is 2. The maximum atomic E-state index is 12.2. The Kier molecular flexibility index (Phi) is 8.21. The second-order valence-electron chi connectivity index (χ2n) is 7.39. The molecule has 0 bridgehead atoms. The number of aliphatic imine (C=N–C) groups is 1. The predicted octanol–water partition coefficient (Wildman–Crippen LogP) is 2.97. The van der Waals surface area contributed by atoms with Crippen molar-refractivity contribution in [2.45, 2.75) is 39.5 Å². The third-order valence-corrected chi connectivity index (χ3v) is 3.62. The molecule has 2 rings (SSSR count). The molecule has 0 saturated heterocycles. The van der Waals surface area contributed by atoms with Gasteiger partial charge in [0.25, 0.3) is 0 Å². The van der Waals surface area contributed by atoms with Gasteiger partial charge in [-0.15, -0.1) is 0 Å². The monoisotopic (exact) mass is 396 g/mol. The normalized spacial score (nSPS) is 11.5. The highest BCUT2D eigenvalue weighted by molar-refractivity contribution is 5.98. The molecule has 0 atom stereocenters. The zero-order chi connectivity index (χ0) is 21.1. The fourth-order valence-electron chi connectivity index (χ4n) is 2.32. The van der Waals surface area contributed by atoms with Crippen LogP contribution in [0.2, 0.25) is 0 Å². The average Bonchev–Trinajstić information content (AvgIpc) is 2.69. The Morgan fingerprint density at radius 3 is 2.07 bits per heavy atom. The lowest BCUT2D eigenvalue weighted by Gasteiger charge is -2.19. The van der Waals surface area contributed by atoms with E-state index in [1.807, 2.05) is 60.7 Å². The third-order valence-electron chi connectivity index (χ3n) is 3.62. The van der Waals surface area contributed by atoms with Gasteiger partial charge in [0, 0.05) is 6.54 Å². The summed E-state index contributed by atoms with van der Waals surface area (Å²) in [6.45, 7) is 5.98. The first kappa shape index (κ1) is 21.9. The van der Waals surface area contributed by atoms with E-state index in [4.69, 9.17) is 4.74 Å². The van der Waals surface area contributed by atoms with Crippen molar-refractivity contribution in [2.24, 2.45) is 4.99 Å². The van der Waals surface area contributed by atoms with Crippen LogP contribution in [0, 0.1) is 0 Å². The van der Waals surface area contributed by atoms with Crippen LogP contribution in [0.25, 0.3) is 0 Å². The Hall–Kier alpha value is -3.35. The molecule has 0 spiro atoms. The van der Waals surface area contributed by atoms with Gasteiger partial charge >= 0.3 is 6.09 Å². The number of ether oxygens (including phenoxy) is 1. The predicted molar refractivity (Wildman–Crippen MR) is 113 cm³/mol. The molecule has 3 N–H and O–H groups in total. The SMILES string of the molecule is CC(C)(C)OC(=O)NCC(=O)NC(=NCc1ccccc1)NCc1ccccc1. The summed E-state index contributed by atoms with van der Waals surface area (Å²) in [5.74, 6) is -0.0584. The summed E-state index contributed by atoms with van der Waals surface area (Å²) in [7, 11) is 0.